The molecule has 0 aliphatic rings. The number of nitrogens with zero attached hydrogens (tertiary/aromatic N) is 2. The Labute approximate surface area is 112 Å². The van der Waals surface area contributed by atoms with E-state index in [1.165, 1.54) is 12.1 Å². The first kappa shape index (κ1) is 13.6. The minimum absolute atomic E-state index is 0.0790. The van der Waals surface area contributed by atoms with Gasteiger partial charge in [-0.1, -0.05) is 13.3 Å². The van der Waals surface area contributed by atoms with E-state index in [0.29, 0.717) is 6.54 Å². The van der Waals surface area contributed by atoms with E-state index in [9.17, 15) is 9.18 Å². The Morgan fingerprint density at radius 3 is 2.89 bits per heavy atom. The van der Waals surface area contributed by atoms with Crippen molar-refractivity contribution in [2.75, 3.05) is 13.6 Å². The Balaban J connectivity index is 2.11. The third-order valence-electron chi connectivity index (χ3n) is 3.31. The smallest absolute Gasteiger partial charge is 0.242 e. The van der Waals surface area contributed by atoms with Crippen LogP contribution >= 0.6 is 0 Å². The van der Waals surface area contributed by atoms with Crippen molar-refractivity contribution in [3.05, 3.63) is 36.3 Å². The Kier molecular flexibility index (Phi) is 4.20. The van der Waals surface area contributed by atoms with Crippen molar-refractivity contribution in [3.63, 3.8) is 0 Å². The molecule has 19 heavy (non-hydrogen) atoms. The van der Waals surface area contributed by atoms with Gasteiger partial charge in [-0.15, -0.1) is 0 Å². The number of hydrogen-bond donors (Lipinski definition) is 0. The van der Waals surface area contributed by atoms with Crippen LogP contribution in [-0.2, 0) is 11.3 Å². The van der Waals surface area contributed by atoms with Crippen LogP contribution in [0.4, 0.5) is 4.39 Å². The number of carbonyl (C=O) groups excluding carboxylic acids is 1. The molecule has 0 saturated carbocycles. The number of likely N-dealkylation sites (N-methyl/N-ethyl adjacent to an activating group) is 1. The van der Waals surface area contributed by atoms with Crippen LogP contribution in [0.1, 0.15) is 19.8 Å². The van der Waals surface area contributed by atoms with Gasteiger partial charge in [0.05, 0.1) is 0 Å². The van der Waals surface area contributed by atoms with Gasteiger partial charge in [0.25, 0.3) is 0 Å². The molecule has 0 bridgehead atoms. The SMILES string of the molecule is CCCCN(C)C(=O)Cn1ccc2cc(F)ccc21. The van der Waals surface area contributed by atoms with Crippen LogP contribution in [0.5, 0.6) is 0 Å². The molecule has 0 fully saturated rings. The molecular formula is C15H19FN2O. The van der Waals surface area contributed by atoms with E-state index < -0.39 is 0 Å². The number of unbranched alkanes of at least 4 members (excludes halogenated alkanes) is 1. The molecule has 1 aromatic heterocycles. The van der Waals surface area contributed by atoms with Crippen LogP contribution in [0.2, 0.25) is 0 Å². The fourth-order valence-electron chi connectivity index (χ4n) is 2.10. The van der Waals surface area contributed by atoms with Crippen LogP contribution < -0.4 is 0 Å². The van der Waals surface area contributed by atoms with Gasteiger partial charge in [-0.3, -0.25) is 4.79 Å². The van der Waals surface area contributed by atoms with E-state index in [1.807, 2.05) is 23.9 Å². The summed E-state index contributed by atoms with van der Waals surface area (Å²) in [4.78, 5) is 13.8. The number of rotatable bonds is 5. The van der Waals surface area contributed by atoms with Crippen LogP contribution in [0.25, 0.3) is 10.9 Å². The fourth-order valence-corrected chi connectivity index (χ4v) is 2.10. The number of amides is 1. The molecular weight excluding hydrogens is 243 g/mol. The van der Waals surface area contributed by atoms with Gasteiger partial charge >= 0.3 is 0 Å². The Bertz CT molecular complexity index is 577. The molecule has 2 aromatic rings. The molecule has 0 unspecified atom stereocenters. The van der Waals surface area contributed by atoms with Gasteiger partial charge < -0.3 is 9.47 Å². The Hall–Kier alpha value is -1.84. The highest BCUT2D eigenvalue weighted by Crippen LogP contribution is 2.17. The van der Waals surface area contributed by atoms with Gasteiger partial charge in [0.1, 0.15) is 12.4 Å². The molecule has 0 radical (unpaired) electrons. The maximum absolute atomic E-state index is 13.1. The summed E-state index contributed by atoms with van der Waals surface area (Å²) in [6.45, 7) is 3.19. The van der Waals surface area contributed by atoms with E-state index >= 15 is 0 Å². The third kappa shape index (κ3) is 3.13. The first-order chi connectivity index (χ1) is 9.11. The van der Waals surface area contributed by atoms with Gasteiger partial charge in [0.2, 0.25) is 5.91 Å². The number of benzene rings is 1. The summed E-state index contributed by atoms with van der Waals surface area (Å²) in [6.07, 6.45) is 3.92. The number of fused-ring (bicyclic) bond motifs is 1. The van der Waals surface area contributed by atoms with Crippen molar-refractivity contribution < 1.29 is 9.18 Å². The van der Waals surface area contributed by atoms with Crippen LogP contribution in [0.15, 0.2) is 30.5 Å². The average molecular weight is 262 g/mol. The third-order valence-corrected chi connectivity index (χ3v) is 3.31. The summed E-state index contributed by atoms with van der Waals surface area (Å²) in [6, 6.07) is 6.45. The van der Waals surface area contributed by atoms with E-state index in [4.69, 9.17) is 0 Å². The summed E-state index contributed by atoms with van der Waals surface area (Å²) in [5, 5.41) is 0.823. The zero-order valence-electron chi connectivity index (χ0n) is 11.4. The largest absolute Gasteiger partial charge is 0.344 e. The summed E-state index contributed by atoms with van der Waals surface area (Å²) < 4.78 is 15.0. The second kappa shape index (κ2) is 5.87. The quantitative estimate of drug-likeness (QED) is 0.813. The second-order valence-corrected chi connectivity index (χ2v) is 4.82. The lowest BCUT2D eigenvalue weighted by Gasteiger charge is -2.17. The summed E-state index contributed by atoms with van der Waals surface area (Å²) in [5.74, 6) is -0.174. The van der Waals surface area contributed by atoms with Gasteiger partial charge in [0.15, 0.2) is 0 Å². The van der Waals surface area contributed by atoms with Crippen molar-refractivity contribution in [2.45, 2.75) is 26.3 Å². The molecule has 3 nitrogen and oxygen atoms in total. The first-order valence-corrected chi connectivity index (χ1v) is 6.60. The monoisotopic (exact) mass is 262 g/mol. The normalized spacial score (nSPS) is 10.9. The summed E-state index contributed by atoms with van der Waals surface area (Å²) in [7, 11) is 1.82. The summed E-state index contributed by atoms with van der Waals surface area (Å²) >= 11 is 0. The van der Waals surface area contributed by atoms with E-state index in [1.54, 1.807) is 11.0 Å². The minimum atomic E-state index is -0.253. The maximum atomic E-state index is 13.1. The topological polar surface area (TPSA) is 25.2 Å². The van der Waals surface area contributed by atoms with Crippen molar-refractivity contribution >= 4 is 16.8 Å². The number of hydrogen-bond acceptors (Lipinski definition) is 1. The number of carbonyl (C=O) groups is 1. The van der Waals surface area contributed by atoms with E-state index in [-0.39, 0.29) is 11.7 Å². The molecule has 102 valence electrons. The Morgan fingerprint density at radius 2 is 2.16 bits per heavy atom. The van der Waals surface area contributed by atoms with Crippen LogP contribution in [0, 0.1) is 5.82 Å². The van der Waals surface area contributed by atoms with Crippen molar-refractivity contribution in [2.24, 2.45) is 0 Å². The second-order valence-electron chi connectivity index (χ2n) is 4.82. The molecule has 1 aromatic carbocycles. The molecule has 0 aliphatic carbocycles. The molecule has 1 heterocycles. The molecule has 1 amide bonds. The van der Waals surface area contributed by atoms with E-state index in [0.717, 1.165) is 30.3 Å². The molecule has 0 N–H and O–H groups in total. The van der Waals surface area contributed by atoms with Gasteiger partial charge in [-0.05, 0) is 30.7 Å². The highest BCUT2D eigenvalue weighted by atomic mass is 19.1. The van der Waals surface area contributed by atoms with Crippen molar-refractivity contribution in [1.29, 1.82) is 0 Å². The summed E-state index contributed by atoms with van der Waals surface area (Å²) in [5.41, 5.74) is 0.888. The minimum Gasteiger partial charge on any atom is -0.344 e. The standard InChI is InChI=1S/C15H19FN2O/c1-3-4-8-17(2)15(19)11-18-9-7-12-10-13(16)5-6-14(12)18/h5-7,9-10H,3-4,8,11H2,1-2H3. The molecule has 0 atom stereocenters. The number of aromatic nitrogens is 1. The van der Waals surface area contributed by atoms with E-state index in [2.05, 4.69) is 6.92 Å². The van der Waals surface area contributed by atoms with Gasteiger partial charge in [0, 0.05) is 30.7 Å². The highest BCUT2D eigenvalue weighted by molar-refractivity contribution is 5.83. The fraction of sp³-hybridized carbons (Fsp3) is 0.400. The van der Waals surface area contributed by atoms with Crippen molar-refractivity contribution in [1.82, 2.24) is 9.47 Å². The maximum Gasteiger partial charge on any atom is 0.242 e. The van der Waals surface area contributed by atoms with Crippen LogP contribution in [-0.4, -0.2) is 29.0 Å². The van der Waals surface area contributed by atoms with Crippen LogP contribution in [0.3, 0.4) is 0 Å². The first-order valence-electron chi connectivity index (χ1n) is 6.60. The molecule has 4 heteroatoms. The highest BCUT2D eigenvalue weighted by Gasteiger charge is 2.10. The molecule has 2 rings (SSSR count). The predicted molar refractivity (Wildman–Crippen MR) is 74.4 cm³/mol. The lowest BCUT2D eigenvalue weighted by molar-refractivity contribution is -0.130. The average Bonchev–Trinajstić information content (AvgIpc) is 2.78. The zero-order valence-corrected chi connectivity index (χ0v) is 11.4. The number of halogens is 1. The zero-order chi connectivity index (χ0) is 13.8. The lowest BCUT2D eigenvalue weighted by Crippen LogP contribution is -2.30. The Morgan fingerprint density at radius 1 is 1.37 bits per heavy atom. The van der Waals surface area contributed by atoms with Gasteiger partial charge in [-0.25, -0.2) is 4.39 Å². The lowest BCUT2D eigenvalue weighted by atomic mass is 10.2. The molecule has 0 spiro atoms. The molecule has 0 saturated heterocycles. The molecule has 0 aliphatic heterocycles. The predicted octanol–water partition coefficient (Wildman–Crippen LogP) is 3.04. The van der Waals surface area contributed by atoms with Crippen molar-refractivity contribution in [3.8, 4) is 0 Å². The van der Waals surface area contributed by atoms with Gasteiger partial charge in [-0.2, -0.15) is 0 Å².